The van der Waals surface area contributed by atoms with Gasteiger partial charge in [0, 0.05) is 5.69 Å². The van der Waals surface area contributed by atoms with Gasteiger partial charge in [0.15, 0.2) is 4.34 Å². The van der Waals surface area contributed by atoms with Crippen molar-refractivity contribution in [3.63, 3.8) is 0 Å². The maximum Gasteiger partial charge on any atom is 0.238 e. The molecule has 7 nitrogen and oxygen atoms in total. The number of nitrogens with two attached hydrogens (primary N) is 1. The summed E-state index contributed by atoms with van der Waals surface area (Å²) in [5.74, 6) is -0.0193. The number of aromatic nitrogens is 2. The summed E-state index contributed by atoms with van der Waals surface area (Å²) in [6.07, 6.45) is 1.88. The van der Waals surface area contributed by atoms with Gasteiger partial charge in [-0.2, -0.15) is 4.37 Å². The van der Waals surface area contributed by atoms with E-state index >= 15 is 0 Å². The lowest BCUT2D eigenvalue weighted by Gasteiger charge is -2.05. The molecule has 0 fully saturated rings. The maximum absolute atomic E-state index is 11.8. The van der Waals surface area contributed by atoms with Crippen molar-refractivity contribution >= 4 is 56.7 Å². The summed E-state index contributed by atoms with van der Waals surface area (Å²) in [5, 5.41) is 8.36. The number of primary sulfonamides is 1. The van der Waals surface area contributed by atoms with Crippen LogP contribution in [0.1, 0.15) is 0 Å². The average Bonchev–Trinajstić information content (AvgIpc) is 2.93. The van der Waals surface area contributed by atoms with Crippen LogP contribution >= 0.6 is 35.1 Å². The van der Waals surface area contributed by atoms with E-state index in [1.54, 1.807) is 0 Å². The van der Waals surface area contributed by atoms with E-state index in [4.69, 9.17) is 5.14 Å². The first-order valence-electron chi connectivity index (χ1n) is 5.81. The lowest BCUT2D eigenvalue weighted by atomic mass is 10.3. The molecule has 3 N–H and O–H groups in total. The summed E-state index contributed by atoms with van der Waals surface area (Å²) in [5.41, 5.74) is 0.500. The second-order valence-corrected chi connectivity index (χ2v) is 8.26. The summed E-state index contributed by atoms with van der Waals surface area (Å²) < 4.78 is 27.1. The summed E-state index contributed by atoms with van der Waals surface area (Å²) in [6, 6.07) is 5.65. The molecule has 0 radical (unpaired) electrons. The van der Waals surface area contributed by atoms with Gasteiger partial charge in [0.1, 0.15) is 0 Å². The predicted octanol–water partition coefficient (Wildman–Crippen LogP) is 1.64. The molecule has 0 aliphatic heterocycles. The van der Waals surface area contributed by atoms with Crippen molar-refractivity contribution in [3.8, 4) is 0 Å². The topological polar surface area (TPSA) is 115 Å². The first-order valence-corrected chi connectivity index (χ1v) is 10.3. The number of carbonyl (C=O) groups excluding carboxylic acids is 1. The number of benzene rings is 1. The van der Waals surface area contributed by atoms with Crippen molar-refractivity contribution in [2.75, 3.05) is 17.3 Å². The van der Waals surface area contributed by atoms with Crippen molar-refractivity contribution in [2.45, 2.75) is 14.4 Å². The molecule has 0 saturated heterocycles. The van der Waals surface area contributed by atoms with Crippen molar-refractivity contribution < 1.29 is 13.2 Å². The van der Waals surface area contributed by atoms with E-state index in [0.29, 0.717) is 10.8 Å². The molecule has 0 aliphatic carbocycles. The number of carbonyl (C=O) groups is 1. The van der Waals surface area contributed by atoms with E-state index < -0.39 is 10.0 Å². The third-order valence-corrected chi connectivity index (χ3v) is 5.79. The average molecular weight is 377 g/mol. The Bertz CT molecular complexity index is 758. The summed E-state index contributed by atoms with van der Waals surface area (Å²) in [4.78, 5) is 16.0. The van der Waals surface area contributed by atoms with Gasteiger partial charge in [-0.15, -0.1) is 0 Å². The summed E-state index contributed by atoms with van der Waals surface area (Å²) in [7, 11) is -3.73. The van der Waals surface area contributed by atoms with Crippen molar-refractivity contribution in [1.82, 2.24) is 9.36 Å². The normalized spacial score (nSPS) is 11.4. The Kier molecular flexibility index (Phi) is 5.81. The molecule has 1 aromatic heterocycles. The number of anilines is 1. The molecular formula is C11H12N4O3S4. The predicted molar refractivity (Wildman–Crippen MR) is 88.9 cm³/mol. The summed E-state index contributed by atoms with van der Waals surface area (Å²) in [6.45, 7) is 0. The maximum atomic E-state index is 11.8. The van der Waals surface area contributed by atoms with E-state index in [1.165, 1.54) is 59.3 Å². The summed E-state index contributed by atoms with van der Waals surface area (Å²) >= 11 is 3.99. The molecule has 1 aromatic carbocycles. The number of rotatable bonds is 6. The minimum atomic E-state index is -3.73. The van der Waals surface area contributed by atoms with Crippen LogP contribution < -0.4 is 10.5 Å². The molecule has 0 unspecified atom stereocenters. The number of nitrogens with one attached hydrogen (secondary N) is 1. The first kappa shape index (κ1) is 17.2. The molecule has 118 valence electrons. The van der Waals surface area contributed by atoms with Crippen LogP contribution in [0.15, 0.2) is 38.7 Å². The van der Waals surface area contributed by atoms with E-state index in [9.17, 15) is 13.2 Å². The SMILES string of the molecule is CSc1nsc(SCC(=O)Nc2ccc(S(N)(=O)=O)cc2)n1. The van der Waals surface area contributed by atoms with Crippen molar-refractivity contribution in [3.05, 3.63) is 24.3 Å². The number of amides is 1. The van der Waals surface area contributed by atoms with E-state index in [0.717, 1.165) is 4.34 Å². The third kappa shape index (κ3) is 4.95. The molecule has 1 amide bonds. The zero-order chi connectivity index (χ0) is 16.2. The fourth-order valence-electron chi connectivity index (χ4n) is 1.39. The minimum absolute atomic E-state index is 0.00155. The highest BCUT2D eigenvalue weighted by Gasteiger charge is 2.10. The molecule has 0 aliphatic rings. The zero-order valence-corrected chi connectivity index (χ0v) is 14.6. The Morgan fingerprint density at radius 3 is 2.59 bits per heavy atom. The van der Waals surface area contributed by atoms with Crippen LogP contribution in [0.2, 0.25) is 0 Å². The van der Waals surface area contributed by atoms with Gasteiger partial charge in [-0.1, -0.05) is 23.5 Å². The highest BCUT2D eigenvalue weighted by Crippen LogP contribution is 2.23. The molecule has 11 heteroatoms. The Morgan fingerprint density at radius 1 is 1.36 bits per heavy atom. The highest BCUT2D eigenvalue weighted by atomic mass is 32.2. The number of sulfonamides is 1. The highest BCUT2D eigenvalue weighted by molar-refractivity contribution is 8.01. The molecule has 1 heterocycles. The number of nitrogens with zero attached hydrogens (tertiary/aromatic N) is 2. The Hall–Kier alpha value is -1.14. The second kappa shape index (κ2) is 7.42. The molecular weight excluding hydrogens is 364 g/mol. The van der Waals surface area contributed by atoms with Crippen LogP contribution in [0.3, 0.4) is 0 Å². The van der Waals surface area contributed by atoms with E-state index in [-0.39, 0.29) is 16.6 Å². The van der Waals surface area contributed by atoms with Crippen LogP contribution in [-0.4, -0.2) is 35.7 Å². The van der Waals surface area contributed by atoms with Gasteiger partial charge in [-0.05, 0) is 42.1 Å². The molecule has 22 heavy (non-hydrogen) atoms. The number of thioether (sulfide) groups is 2. The van der Waals surface area contributed by atoms with Gasteiger partial charge in [-0.3, -0.25) is 4.79 Å². The van der Waals surface area contributed by atoms with Crippen LogP contribution in [-0.2, 0) is 14.8 Å². The van der Waals surface area contributed by atoms with Crippen LogP contribution in [0, 0.1) is 0 Å². The van der Waals surface area contributed by atoms with E-state index in [1.807, 2.05) is 6.26 Å². The van der Waals surface area contributed by atoms with Gasteiger partial charge < -0.3 is 5.32 Å². The standard InChI is InChI=1S/C11H12N4O3S4/c1-19-10-14-11(21-15-10)20-6-9(16)13-7-2-4-8(5-3-7)22(12,17)18/h2-5H,6H2,1H3,(H,13,16)(H2,12,17,18). The monoisotopic (exact) mass is 376 g/mol. The Morgan fingerprint density at radius 2 is 2.05 bits per heavy atom. The van der Waals surface area contributed by atoms with E-state index in [2.05, 4.69) is 14.7 Å². The Labute approximate surface area is 140 Å². The lowest BCUT2D eigenvalue weighted by molar-refractivity contribution is -0.113. The Balaban J connectivity index is 1.89. The fraction of sp³-hybridized carbons (Fsp3) is 0.182. The van der Waals surface area contributed by atoms with Crippen LogP contribution in [0.5, 0.6) is 0 Å². The van der Waals surface area contributed by atoms with Gasteiger partial charge in [-0.25, -0.2) is 18.5 Å². The molecule has 0 spiro atoms. The number of hydrogen-bond acceptors (Lipinski definition) is 8. The van der Waals surface area contributed by atoms with Gasteiger partial charge in [0.2, 0.25) is 21.1 Å². The lowest BCUT2D eigenvalue weighted by Crippen LogP contribution is -2.15. The molecule has 2 aromatic rings. The fourth-order valence-corrected chi connectivity index (χ4v) is 3.92. The second-order valence-electron chi connectivity index (χ2n) is 3.95. The van der Waals surface area contributed by atoms with Crippen molar-refractivity contribution in [2.24, 2.45) is 5.14 Å². The minimum Gasteiger partial charge on any atom is -0.325 e. The first-order chi connectivity index (χ1) is 10.4. The van der Waals surface area contributed by atoms with Crippen LogP contribution in [0.25, 0.3) is 0 Å². The van der Waals surface area contributed by atoms with Crippen molar-refractivity contribution in [1.29, 1.82) is 0 Å². The molecule has 0 bridgehead atoms. The third-order valence-electron chi connectivity index (χ3n) is 2.36. The van der Waals surface area contributed by atoms with Gasteiger partial charge >= 0.3 is 0 Å². The zero-order valence-electron chi connectivity index (χ0n) is 11.3. The molecule has 0 atom stereocenters. The van der Waals surface area contributed by atoms with Crippen LogP contribution in [0.4, 0.5) is 5.69 Å². The van der Waals surface area contributed by atoms with Gasteiger partial charge in [0.05, 0.1) is 10.6 Å². The largest absolute Gasteiger partial charge is 0.325 e. The van der Waals surface area contributed by atoms with Gasteiger partial charge in [0.25, 0.3) is 0 Å². The molecule has 2 rings (SSSR count). The smallest absolute Gasteiger partial charge is 0.238 e. The number of hydrogen-bond donors (Lipinski definition) is 2. The molecule has 0 saturated carbocycles. The quantitative estimate of drug-likeness (QED) is 0.736.